The zero-order chi connectivity index (χ0) is 66.7. The summed E-state index contributed by atoms with van der Waals surface area (Å²) in [5, 5.41) is 76.7. The van der Waals surface area contributed by atoms with Crippen molar-refractivity contribution in [1.29, 1.82) is 0 Å². The van der Waals surface area contributed by atoms with Crippen LogP contribution in [0.1, 0.15) is 406 Å². The van der Waals surface area contributed by atoms with E-state index in [1.54, 1.807) is 0 Å². The number of allylic oxidation sites excluding steroid dienone is 6. The van der Waals surface area contributed by atoms with Crippen molar-refractivity contribution in [2.75, 3.05) is 13.2 Å². The maximum atomic E-state index is 13.3. The fraction of sp³-hybridized carbons (Fsp3) is 0.914. The first-order valence-electron chi connectivity index (χ1n) is 40.4. The molecule has 0 radical (unpaired) electrons. The van der Waals surface area contributed by atoms with Gasteiger partial charge in [0.1, 0.15) is 36.6 Å². The number of hydrogen-bond acceptors (Lipinski definition) is 10. The molecular weight excluding hydrogens is 1150 g/mol. The van der Waals surface area contributed by atoms with Crippen molar-refractivity contribution in [1.82, 2.24) is 5.32 Å². The number of rotatable bonds is 72. The molecule has 0 bridgehead atoms. The quantitative estimate of drug-likeness (QED) is 0.0215. The number of carbonyl (C=O) groups is 1. The summed E-state index contributed by atoms with van der Waals surface area (Å²) in [4.78, 5) is 13.3. The second-order valence-corrected chi connectivity index (χ2v) is 28.5. The standard InChI is InChI=1S/C81H155NO10/c1-3-5-7-9-11-13-15-17-19-21-23-25-27-29-31-33-34-35-36-37-38-39-41-43-45-47-49-51-53-55-57-59-61-63-65-67-69-74(85)80(90)82-72(71-91-81-79(89)78(88)77(87)75(70-83)92-81)76(86)73(84)68-66-64-62-60-58-56-54-52-50-48-46-44-42-40-32-30-28-26-24-22-20-18-16-14-12-10-8-6-4-2/h31,33,35-36,60,62,72-79,81,83-89H,3-30,32,34,37-59,61,63-71H2,1-2H3,(H,82,90)/b33-31-,36-35-,62-60+. The van der Waals surface area contributed by atoms with Gasteiger partial charge >= 0.3 is 0 Å². The lowest BCUT2D eigenvalue weighted by atomic mass is 9.98. The van der Waals surface area contributed by atoms with Crippen LogP contribution in [0.5, 0.6) is 0 Å². The molecule has 1 aliphatic rings. The van der Waals surface area contributed by atoms with E-state index in [1.165, 1.54) is 321 Å². The average molecular weight is 1300 g/mol. The zero-order valence-corrected chi connectivity index (χ0v) is 60.6. The van der Waals surface area contributed by atoms with Gasteiger partial charge in [-0.2, -0.15) is 0 Å². The Labute approximate surface area is 568 Å². The van der Waals surface area contributed by atoms with Gasteiger partial charge in [-0.05, 0) is 70.6 Å². The van der Waals surface area contributed by atoms with E-state index in [0.29, 0.717) is 12.8 Å². The highest BCUT2D eigenvalue weighted by molar-refractivity contribution is 5.80. The maximum absolute atomic E-state index is 13.3. The van der Waals surface area contributed by atoms with Crippen LogP contribution in [-0.4, -0.2) is 110 Å². The summed E-state index contributed by atoms with van der Waals surface area (Å²) >= 11 is 0. The van der Waals surface area contributed by atoms with Gasteiger partial charge in [-0.1, -0.05) is 371 Å². The number of carbonyl (C=O) groups excluding carboxylic acids is 1. The fourth-order valence-electron chi connectivity index (χ4n) is 13.2. The zero-order valence-electron chi connectivity index (χ0n) is 60.6. The Hall–Kier alpha value is -1.67. The monoisotopic (exact) mass is 1300 g/mol. The van der Waals surface area contributed by atoms with E-state index in [4.69, 9.17) is 9.47 Å². The van der Waals surface area contributed by atoms with Crippen LogP contribution in [-0.2, 0) is 14.3 Å². The Morgan fingerprint density at radius 1 is 0.380 bits per heavy atom. The average Bonchev–Trinajstić information content (AvgIpc) is 0.946. The molecule has 0 saturated carbocycles. The molecule has 0 aliphatic carbocycles. The summed E-state index contributed by atoms with van der Waals surface area (Å²) in [5.41, 5.74) is 0. The first kappa shape index (κ1) is 88.3. The molecule has 1 amide bonds. The Kier molecular flexibility index (Phi) is 66.5. The van der Waals surface area contributed by atoms with Crippen LogP contribution in [0.2, 0.25) is 0 Å². The van der Waals surface area contributed by atoms with Gasteiger partial charge < -0.3 is 50.5 Å². The van der Waals surface area contributed by atoms with Crippen LogP contribution in [0.25, 0.3) is 0 Å². The minimum atomic E-state index is -1.67. The summed E-state index contributed by atoms with van der Waals surface area (Å²) < 4.78 is 11.2. The normalized spacial score (nSPS) is 18.5. The maximum Gasteiger partial charge on any atom is 0.249 e. The lowest BCUT2D eigenvalue weighted by molar-refractivity contribution is -0.303. The third-order valence-corrected chi connectivity index (χ3v) is 19.7. The minimum Gasteiger partial charge on any atom is -0.394 e. The van der Waals surface area contributed by atoms with E-state index in [-0.39, 0.29) is 12.8 Å². The molecule has 0 aromatic rings. The molecule has 9 unspecified atom stereocenters. The van der Waals surface area contributed by atoms with E-state index in [2.05, 4.69) is 55.6 Å². The summed E-state index contributed by atoms with van der Waals surface area (Å²) in [6, 6.07) is -1.19. The molecule has 9 atom stereocenters. The van der Waals surface area contributed by atoms with Crippen LogP contribution in [0.15, 0.2) is 36.5 Å². The SMILES string of the molecule is CCCCCCCCCCCCCCC/C=C\C/C=C\CCCCCCCCCCCCCCCCCCC(O)C(=O)NC(COC1OC(CO)C(O)C(O)C1O)C(O)C(O)CCC/C=C/CCCCCCCCCCCCCCCCCCCCCCCCCC. The van der Waals surface area contributed by atoms with Gasteiger partial charge in [0.2, 0.25) is 5.91 Å². The third kappa shape index (κ3) is 55.3. The van der Waals surface area contributed by atoms with Gasteiger partial charge in [-0.25, -0.2) is 0 Å². The van der Waals surface area contributed by atoms with Crippen molar-refractivity contribution in [3.05, 3.63) is 36.5 Å². The summed E-state index contributed by atoms with van der Waals surface area (Å²) in [6.07, 6.45) is 79.8. The molecule has 0 aromatic heterocycles. The van der Waals surface area contributed by atoms with Gasteiger partial charge in [-0.3, -0.25) is 4.79 Å². The summed E-state index contributed by atoms with van der Waals surface area (Å²) in [5.74, 6) is -0.700. The summed E-state index contributed by atoms with van der Waals surface area (Å²) in [7, 11) is 0. The van der Waals surface area contributed by atoms with Crippen molar-refractivity contribution in [3.8, 4) is 0 Å². The highest BCUT2D eigenvalue weighted by Gasteiger charge is 2.44. The lowest BCUT2D eigenvalue weighted by Gasteiger charge is -2.40. The highest BCUT2D eigenvalue weighted by Crippen LogP contribution is 2.24. The van der Waals surface area contributed by atoms with Crippen LogP contribution in [0.3, 0.4) is 0 Å². The molecule has 8 N–H and O–H groups in total. The van der Waals surface area contributed by atoms with Crippen LogP contribution < -0.4 is 5.32 Å². The number of ether oxygens (including phenoxy) is 2. The van der Waals surface area contributed by atoms with Crippen molar-refractivity contribution >= 4 is 5.91 Å². The van der Waals surface area contributed by atoms with E-state index in [0.717, 1.165) is 44.9 Å². The van der Waals surface area contributed by atoms with Crippen LogP contribution in [0, 0.1) is 0 Å². The second kappa shape index (κ2) is 69.2. The number of aliphatic hydroxyl groups excluding tert-OH is 7. The van der Waals surface area contributed by atoms with Crippen molar-refractivity contribution < 1.29 is 50.0 Å². The fourth-order valence-corrected chi connectivity index (χ4v) is 13.2. The number of aliphatic hydroxyl groups is 7. The van der Waals surface area contributed by atoms with Crippen LogP contribution >= 0.6 is 0 Å². The smallest absolute Gasteiger partial charge is 0.249 e. The van der Waals surface area contributed by atoms with E-state index >= 15 is 0 Å². The van der Waals surface area contributed by atoms with E-state index in [1.807, 2.05) is 0 Å². The predicted octanol–water partition coefficient (Wildman–Crippen LogP) is 20.9. The highest BCUT2D eigenvalue weighted by atomic mass is 16.7. The molecule has 1 fully saturated rings. The molecule has 1 rings (SSSR count). The van der Waals surface area contributed by atoms with Gasteiger partial charge in [0.25, 0.3) is 0 Å². The van der Waals surface area contributed by atoms with Gasteiger partial charge in [0.05, 0.1) is 25.4 Å². The molecule has 1 aliphatic heterocycles. The van der Waals surface area contributed by atoms with Gasteiger partial charge in [-0.15, -0.1) is 0 Å². The summed E-state index contributed by atoms with van der Waals surface area (Å²) in [6.45, 7) is 3.51. The van der Waals surface area contributed by atoms with E-state index < -0.39 is 74.2 Å². The molecule has 92 heavy (non-hydrogen) atoms. The van der Waals surface area contributed by atoms with Crippen molar-refractivity contribution in [2.24, 2.45) is 0 Å². The number of amides is 1. The first-order chi connectivity index (χ1) is 45.2. The number of unbranched alkanes of at least 4 members (excludes halogenated alkanes) is 54. The molecule has 11 nitrogen and oxygen atoms in total. The molecule has 0 spiro atoms. The molecule has 11 heteroatoms. The molecule has 544 valence electrons. The molecular formula is C81H155NO10. The van der Waals surface area contributed by atoms with Crippen molar-refractivity contribution in [3.63, 3.8) is 0 Å². The molecule has 0 aromatic carbocycles. The van der Waals surface area contributed by atoms with Gasteiger partial charge in [0.15, 0.2) is 6.29 Å². The molecule has 1 heterocycles. The Balaban J connectivity index is 2.14. The number of hydrogen-bond donors (Lipinski definition) is 8. The lowest BCUT2D eigenvalue weighted by Crippen LogP contribution is -2.60. The Morgan fingerprint density at radius 2 is 0.674 bits per heavy atom. The minimum absolute atomic E-state index is 0.256. The third-order valence-electron chi connectivity index (χ3n) is 19.7. The predicted molar refractivity (Wildman–Crippen MR) is 390 cm³/mol. The van der Waals surface area contributed by atoms with Crippen molar-refractivity contribution in [2.45, 2.75) is 461 Å². The first-order valence-corrected chi connectivity index (χ1v) is 40.4. The Bertz CT molecular complexity index is 1590. The van der Waals surface area contributed by atoms with Crippen LogP contribution in [0.4, 0.5) is 0 Å². The topological polar surface area (TPSA) is 189 Å². The Morgan fingerprint density at radius 3 is 1.00 bits per heavy atom. The number of nitrogens with one attached hydrogen (secondary N) is 1. The second-order valence-electron chi connectivity index (χ2n) is 28.5. The molecule has 1 saturated heterocycles. The van der Waals surface area contributed by atoms with E-state index in [9.17, 15) is 40.5 Å². The van der Waals surface area contributed by atoms with Gasteiger partial charge in [0, 0.05) is 0 Å². The largest absolute Gasteiger partial charge is 0.394 e.